The van der Waals surface area contributed by atoms with Gasteiger partial charge in [-0.25, -0.2) is 4.21 Å². The zero-order valence-corrected chi connectivity index (χ0v) is 17.2. The second-order valence-corrected chi connectivity index (χ2v) is 8.49. The Hall–Kier alpha value is -3.40. The van der Waals surface area contributed by atoms with Gasteiger partial charge < -0.3 is 5.11 Å². The number of nitrogens with zero attached hydrogens (tertiary/aromatic N) is 1. The molecule has 10 heteroatoms. The van der Waals surface area contributed by atoms with Gasteiger partial charge >= 0.3 is 12.4 Å². The number of benzene rings is 3. The number of aromatic nitrogens is 1. The smallest absolute Gasteiger partial charge is 0.416 e. The van der Waals surface area contributed by atoms with E-state index in [4.69, 9.17) is 0 Å². The van der Waals surface area contributed by atoms with E-state index in [1.807, 2.05) is 0 Å². The van der Waals surface area contributed by atoms with Gasteiger partial charge in [-0.05, 0) is 35.7 Å². The predicted molar refractivity (Wildman–Crippen MR) is 110 cm³/mol. The highest BCUT2D eigenvalue weighted by molar-refractivity contribution is 7.85. The summed E-state index contributed by atoms with van der Waals surface area (Å²) in [5, 5.41) is 11.7. The number of rotatable bonds is 3. The van der Waals surface area contributed by atoms with Gasteiger partial charge in [0.15, 0.2) is 0 Å². The molecule has 1 atom stereocenters. The van der Waals surface area contributed by atoms with Gasteiger partial charge in [-0.15, -0.1) is 0 Å². The fraction of sp³-hybridized carbons (Fsp3) is 0.0870. The second-order valence-electron chi connectivity index (χ2n) is 7.08. The van der Waals surface area contributed by atoms with Crippen molar-refractivity contribution in [3.8, 4) is 16.9 Å². The molecule has 1 unspecified atom stereocenters. The molecule has 1 aromatic heterocycles. The van der Waals surface area contributed by atoms with Crippen molar-refractivity contribution in [2.75, 3.05) is 0 Å². The van der Waals surface area contributed by atoms with Crippen molar-refractivity contribution >= 4 is 21.6 Å². The summed E-state index contributed by atoms with van der Waals surface area (Å²) in [5.74, 6) is -0.522. The van der Waals surface area contributed by atoms with Crippen LogP contribution in [0.5, 0.6) is 5.75 Å². The van der Waals surface area contributed by atoms with Crippen LogP contribution in [0.2, 0.25) is 0 Å². The Labute approximate surface area is 185 Å². The maximum absolute atomic E-state index is 13.4. The van der Waals surface area contributed by atoms with Gasteiger partial charge in [-0.3, -0.25) is 4.98 Å². The second kappa shape index (κ2) is 8.18. The molecule has 4 rings (SSSR count). The van der Waals surface area contributed by atoms with E-state index in [0.29, 0.717) is 23.1 Å². The fourth-order valence-electron chi connectivity index (χ4n) is 3.38. The van der Waals surface area contributed by atoms with Crippen molar-refractivity contribution in [1.82, 2.24) is 4.98 Å². The molecular weight excluding hydrogens is 468 g/mol. The van der Waals surface area contributed by atoms with Crippen LogP contribution in [0.3, 0.4) is 0 Å². The van der Waals surface area contributed by atoms with Crippen LogP contribution in [0.1, 0.15) is 11.1 Å². The Kier molecular flexibility index (Phi) is 5.65. The molecule has 0 fully saturated rings. The van der Waals surface area contributed by atoms with E-state index in [2.05, 4.69) is 4.98 Å². The molecule has 0 aliphatic heterocycles. The van der Waals surface area contributed by atoms with Gasteiger partial charge in [0, 0.05) is 33.8 Å². The molecule has 3 aromatic carbocycles. The maximum atomic E-state index is 13.4. The molecular formula is C23H13F6NO2S. The number of hydrogen-bond donors (Lipinski definition) is 1. The number of halogens is 6. The number of phenolic OH excluding ortho intramolecular Hbond substituents is 1. The highest BCUT2D eigenvalue weighted by Gasteiger charge is 2.38. The third-order valence-electron chi connectivity index (χ3n) is 4.91. The Balaban J connectivity index is 2.00. The van der Waals surface area contributed by atoms with E-state index < -0.39 is 44.9 Å². The molecule has 170 valence electrons. The molecule has 0 bridgehead atoms. The fourth-order valence-corrected chi connectivity index (χ4v) is 4.76. The van der Waals surface area contributed by atoms with Crippen molar-refractivity contribution in [3.63, 3.8) is 0 Å². The maximum Gasteiger partial charge on any atom is 0.416 e. The van der Waals surface area contributed by atoms with Crippen LogP contribution >= 0.6 is 0 Å². The van der Waals surface area contributed by atoms with E-state index in [-0.39, 0.29) is 21.9 Å². The van der Waals surface area contributed by atoms with Crippen molar-refractivity contribution in [3.05, 3.63) is 84.2 Å². The van der Waals surface area contributed by atoms with Crippen molar-refractivity contribution in [2.24, 2.45) is 0 Å². The molecule has 0 spiro atoms. The first-order valence-corrected chi connectivity index (χ1v) is 10.5. The molecule has 0 radical (unpaired) electrons. The van der Waals surface area contributed by atoms with Gasteiger partial charge in [-0.1, -0.05) is 30.3 Å². The summed E-state index contributed by atoms with van der Waals surface area (Å²) in [4.78, 5) is 2.93. The van der Waals surface area contributed by atoms with Gasteiger partial charge in [-0.2, -0.15) is 26.3 Å². The van der Waals surface area contributed by atoms with Crippen LogP contribution in [0.4, 0.5) is 26.3 Å². The Morgan fingerprint density at radius 3 is 2.03 bits per heavy atom. The highest BCUT2D eigenvalue weighted by atomic mass is 32.2. The van der Waals surface area contributed by atoms with Crippen molar-refractivity contribution in [2.45, 2.75) is 22.1 Å². The minimum absolute atomic E-state index is 0.0370. The van der Waals surface area contributed by atoms with E-state index in [9.17, 15) is 35.7 Å². The molecule has 1 N–H and O–H groups in total. The van der Waals surface area contributed by atoms with Gasteiger partial charge in [0.2, 0.25) is 0 Å². The topological polar surface area (TPSA) is 50.2 Å². The van der Waals surface area contributed by atoms with Crippen LogP contribution in [0, 0.1) is 0 Å². The average molecular weight is 481 g/mol. The molecule has 33 heavy (non-hydrogen) atoms. The average Bonchev–Trinajstić information content (AvgIpc) is 2.77. The normalized spacial score (nSPS) is 13.3. The Bertz CT molecular complexity index is 1340. The molecule has 4 aromatic rings. The Morgan fingerprint density at radius 2 is 1.45 bits per heavy atom. The summed E-state index contributed by atoms with van der Waals surface area (Å²) in [5.41, 5.74) is -2.56. The summed E-state index contributed by atoms with van der Waals surface area (Å²) in [7, 11) is -2.58. The van der Waals surface area contributed by atoms with Crippen LogP contribution < -0.4 is 0 Å². The number of phenols is 1. The number of pyridine rings is 1. The Morgan fingerprint density at radius 1 is 0.818 bits per heavy atom. The molecule has 0 aliphatic carbocycles. The van der Waals surface area contributed by atoms with Crippen LogP contribution in [0.15, 0.2) is 82.8 Å². The SMILES string of the molecule is O=S(c1cc(C(F)(F)F)cc(C(F)(F)F)c1)c1c(O)c(-c2cccnc2)cc2ccccc12. The lowest BCUT2D eigenvalue weighted by atomic mass is 10.0. The van der Waals surface area contributed by atoms with Crippen LogP contribution in [-0.4, -0.2) is 14.3 Å². The molecule has 1 heterocycles. The molecule has 3 nitrogen and oxygen atoms in total. The quantitative estimate of drug-likeness (QED) is 0.327. The lowest BCUT2D eigenvalue weighted by molar-refractivity contribution is -0.143. The number of alkyl halides is 6. The minimum Gasteiger partial charge on any atom is -0.506 e. The lowest BCUT2D eigenvalue weighted by Crippen LogP contribution is -2.12. The molecule has 0 saturated heterocycles. The first-order chi connectivity index (χ1) is 15.5. The van der Waals surface area contributed by atoms with Crippen LogP contribution in [0.25, 0.3) is 21.9 Å². The largest absolute Gasteiger partial charge is 0.506 e. The summed E-state index contributed by atoms with van der Waals surface area (Å²) in [6, 6.07) is 11.9. The zero-order chi connectivity index (χ0) is 24.0. The van der Waals surface area contributed by atoms with E-state index in [1.54, 1.807) is 36.4 Å². The third kappa shape index (κ3) is 4.43. The highest BCUT2D eigenvalue weighted by Crippen LogP contribution is 2.43. The zero-order valence-electron chi connectivity index (χ0n) is 16.4. The number of aromatic hydroxyl groups is 1. The number of fused-ring (bicyclic) bond motifs is 1. The first-order valence-electron chi connectivity index (χ1n) is 9.33. The monoisotopic (exact) mass is 481 g/mol. The lowest BCUT2D eigenvalue weighted by Gasteiger charge is -2.16. The van der Waals surface area contributed by atoms with Gasteiger partial charge in [0.1, 0.15) is 5.75 Å². The standard InChI is InChI=1S/C23H13F6NO2S/c24-22(25,26)15-9-16(23(27,28)29)11-17(10-15)33(32)21-18-6-2-1-4-13(18)8-19(20(21)31)14-5-3-7-30-12-14/h1-12,31H. The van der Waals surface area contributed by atoms with E-state index >= 15 is 0 Å². The van der Waals surface area contributed by atoms with Crippen molar-refractivity contribution < 1.29 is 35.7 Å². The number of hydrogen-bond acceptors (Lipinski definition) is 3. The van der Waals surface area contributed by atoms with Gasteiger partial charge in [0.25, 0.3) is 0 Å². The molecule has 0 aliphatic rings. The summed E-state index contributed by atoms with van der Waals surface area (Å²) >= 11 is 0. The summed E-state index contributed by atoms with van der Waals surface area (Å²) in [6.07, 6.45) is -7.28. The van der Waals surface area contributed by atoms with E-state index in [0.717, 1.165) is 0 Å². The summed E-state index contributed by atoms with van der Waals surface area (Å²) < 4.78 is 93.2. The predicted octanol–water partition coefficient (Wildman–Crippen LogP) is 6.81. The minimum atomic E-state index is -5.10. The first kappa shape index (κ1) is 22.8. The van der Waals surface area contributed by atoms with Crippen molar-refractivity contribution in [1.29, 1.82) is 0 Å². The molecule has 0 amide bonds. The molecule has 0 saturated carbocycles. The van der Waals surface area contributed by atoms with Crippen LogP contribution in [-0.2, 0) is 23.2 Å². The third-order valence-corrected chi connectivity index (χ3v) is 6.36. The summed E-state index contributed by atoms with van der Waals surface area (Å²) in [6.45, 7) is 0. The van der Waals surface area contributed by atoms with E-state index in [1.165, 1.54) is 18.5 Å². The van der Waals surface area contributed by atoms with Gasteiger partial charge in [0.05, 0.1) is 26.8 Å².